The van der Waals surface area contributed by atoms with Crippen LogP contribution in [-0.2, 0) is 11.3 Å². The molecule has 4 nitrogen and oxygen atoms in total. The third kappa shape index (κ3) is 3.29. The summed E-state index contributed by atoms with van der Waals surface area (Å²) in [5.41, 5.74) is 2.25. The molecule has 0 saturated carbocycles. The number of hydrogen-bond donors (Lipinski definition) is 1. The normalized spacial score (nSPS) is 12.1. The molecule has 0 fully saturated rings. The Labute approximate surface area is 113 Å². The molecule has 1 rings (SSSR count). The molecule has 1 heterocycles. The van der Waals surface area contributed by atoms with Gasteiger partial charge in [-0.15, -0.1) is 11.3 Å². The summed E-state index contributed by atoms with van der Waals surface area (Å²) in [6.07, 6.45) is 1.32. The lowest BCUT2D eigenvalue weighted by molar-refractivity contribution is -0.150. The van der Waals surface area contributed by atoms with Gasteiger partial charge in [-0.1, -0.05) is 13.8 Å². The van der Waals surface area contributed by atoms with Crippen LogP contribution in [-0.4, -0.2) is 34.6 Å². The molecule has 1 aromatic rings. The quantitative estimate of drug-likeness (QED) is 0.827. The van der Waals surface area contributed by atoms with E-state index in [9.17, 15) is 9.90 Å². The number of carboxylic acids is 1. The second kappa shape index (κ2) is 6.29. The Morgan fingerprint density at radius 3 is 2.50 bits per heavy atom. The molecule has 5 heteroatoms. The van der Waals surface area contributed by atoms with Crippen molar-refractivity contribution in [3.05, 3.63) is 16.1 Å². The van der Waals surface area contributed by atoms with Crippen molar-refractivity contribution in [2.45, 2.75) is 40.2 Å². The molecule has 0 bridgehead atoms. The zero-order chi connectivity index (χ0) is 13.8. The van der Waals surface area contributed by atoms with E-state index in [4.69, 9.17) is 0 Å². The van der Waals surface area contributed by atoms with E-state index < -0.39 is 11.4 Å². The fourth-order valence-corrected chi connectivity index (χ4v) is 3.00. The Morgan fingerprint density at radius 2 is 2.11 bits per heavy atom. The number of aliphatic carboxylic acids is 1. The second-order valence-corrected chi connectivity index (χ2v) is 5.77. The molecule has 102 valence electrons. The van der Waals surface area contributed by atoms with Crippen molar-refractivity contribution in [3.63, 3.8) is 0 Å². The number of carboxylic acid groups (broad SMARTS) is 1. The van der Waals surface area contributed by atoms with E-state index in [0.717, 1.165) is 12.2 Å². The monoisotopic (exact) mass is 270 g/mol. The van der Waals surface area contributed by atoms with E-state index in [0.29, 0.717) is 19.4 Å². The first-order valence-electron chi connectivity index (χ1n) is 6.26. The largest absolute Gasteiger partial charge is 0.481 e. The van der Waals surface area contributed by atoms with Gasteiger partial charge in [0.05, 0.1) is 16.6 Å². The number of hydrogen-bond acceptors (Lipinski definition) is 4. The fraction of sp³-hybridized carbons (Fsp3) is 0.692. The van der Waals surface area contributed by atoms with Crippen LogP contribution < -0.4 is 0 Å². The van der Waals surface area contributed by atoms with Crippen LogP contribution >= 0.6 is 11.3 Å². The van der Waals surface area contributed by atoms with Gasteiger partial charge in [0.2, 0.25) is 0 Å². The molecule has 1 aromatic heterocycles. The maximum atomic E-state index is 11.5. The molecule has 0 aromatic carbocycles. The van der Waals surface area contributed by atoms with Crippen molar-refractivity contribution in [1.82, 2.24) is 9.88 Å². The van der Waals surface area contributed by atoms with Crippen LogP contribution in [0, 0.1) is 12.3 Å². The van der Waals surface area contributed by atoms with Crippen molar-refractivity contribution in [2.24, 2.45) is 5.41 Å². The van der Waals surface area contributed by atoms with E-state index in [1.165, 1.54) is 4.88 Å². The first-order valence-corrected chi connectivity index (χ1v) is 7.14. The highest BCUT2D eigenvalue weighted by atomic mass is 32.1. The molecule has 0 amide bonds. The lowest BCUT2D eigenvalue weighted by Crippen LogP contribution is -2.40. The number of rotatable bonds is 7. The van der Waals surface area contributed by atoms with E-state index in [1.807, 2.05) is 33.3 Å². The maximum Gasteiger partial charge on any atom is 0.310 e. The van der Waals surface area contributed by atoms with Crippen LogP contribution in [0.1, 0.15) is 37.3 Å². The van der Waals surface area contributed by atoms with Gasteiger partial charge in [-0.25, -0.2) is 4.98 Å². The maximum absolute atomic E-state index is 11.5. The Kier molecular flexibility index (Phi) is 5.28. The zero-order valence-corrected chi connectivity index (χ0v) is 12.4. The van der Waals surface area contributed by atoms with Crippen molar-refractivity contribution < 1.29 is 9.90 Å². The van der Waals surface area contributed by atoms with Crippen molar-refractivity contribution in [3.8, 4) is 0 Å². The van der Waals surface area contributed by atoms with Crippen molar-refractivity contribution >= 4 is 17.3 Å². The molecular formula is C13H22N2O2S. The summed E-state index contributed by atoms with van der Waals surface area (Å²) in [6, 6.07) is 0. The summed E-state index contributed by atoms with van der Waals surface area (Å²) in [5, 5.41) is 9.42. The molecule has 0 aliphatic heterocycles. The minimum absolute atomic E-state index is 0.576. The Balaban J connectivity index is 2.71. The summed E-state index contributed by atoms with van der Waals surface area (Å²) in [4.78, 5) is 19.0. The van der Waals surface area contributed by atoms with E-state index in [2.05, 4.69) is 9.88 Å². The number of thiazole rings is 1. The average Bonchev–Trinajstić information content (AvgIpc) is 2.71. The second-order valence-electron chi connectivity index (χ2n) is 4.83. The molecule has 0 saturated heterocycles. The topological polar surface area (TPSA) is 53.4 Å². The van der Waals surface area contributed by atoms with Gasteiger partial charge < -0.3 is 10.0 Å². The van der Waals surface area contributed by atoms with Gasteiger partial charge in [0.1, 0.15) is 0 Å². The molecule has 18 heavy (non-hydrogen) atoms. The van der Waals surface area contributed by atoms with Crippen LogP contribution in [0.5, 0.6) is 0 Å². The summed E-state index contributed by atoms with van der Waals surface area (Å²) < 4.78 is 0. The minimum atomic E-state index is -0.694. The highest BCUT2D eigenvalue weighted by Crippen LogP contribution is 2.28. The van der Waals surface area contributed by atoms with Crippen LogP contribution in [0.2, 0.25) is 0 Å². The standard InChI is InChI=1S/C13H22N2O2S/c1-5-13(6-2,12(16)17)8-15(4)7-11-10(3)14-9-18-11/h9H,5-8H2,1-4H3,(H,16,17). The van der Waals surface area contributed by atoms with Gasteiger partial charge in [-0.3, -0.25) is 4.79 Å². The lowest BCUT2D eigenvalue weighted by Gasteiger charge is -2.31. The minimum Gasteiger partial charge on any atom is -0.481 e. The number of aryl methyl sites for hydroxylation is 1. The van der Waals surface area contributed by atoms with E-state index >= 15 is 0 Å². The van der Waals surface area contributed by atoms with Gasteiger partial charge in [-0.05, 0) is 26.8 Å². The molecule has 0 radical (unpaired) electrons. The van der Waals surface area contributed by atoms with Gasteiger partial charge in [0.25, 0.3) is 0 Å². The molecule has 0 atom stereocenters. The van der Waals surface area contributed by atoms with Crippen molar-refractivity contribution in [1.29, 1.82) is 0 Å². The summed E-state index contributed by atoms with van der Waals surface area (Å²) in [6.45, 7) is 7.23. The predicted molar refractivity (Wildman–Crippen MR) is 73.8 cm³/mol. The first kappa shape index (κ1) is 15.1. The number of nitrogens with zero attached hydrogens (tertiary/aromatic N) is 2. The molecule has 0 aliphatic rings. The van der Waals surface area contributed by atoms with Crippen LogP contribution in [0.15, 0.2) is 5.51 Å². The lowest BCUT2D eigenvalue weighted by atomic mass is 9.82. The smallest absolute Gasteiger partial charge is 0.310 e. The summed E-state index contributed by atoms with van der Waals surface area (Å²) >= 11 is 1.63. The molecular weight excluding hydrogens is 248 g/mol. The van der Waals surface area contributed by atoms with Crippen LogP contribution in [0.3, 0.4) is 0 Å². The Bertz CT molecular complexity index is 399. The predicted octanol–water partition coefficient (Wildman–Crippen LogP) is 2.77. The van der Waals surface area contributed by atoms with Gasteiger partial charge in [0.15, 0.2) is 0 Å². The van der Waals surface area contributed by atoms with Gasteiger partial charge in [-0.2, -0.15) is 0 Å². The third-order valence-electron chi connectivity index (χ3n) is 3.64. The highest BCUT2D eigenvalue weighted by Gasteiger charge is 2.35. The number of carbonyl (C=O) groups is 1. The van der Waals surface area contributed by atoms with Crippen LogP contribution in [0.25, 0.3) is 0 Å². The number of aromatic nitrogens is 1. The molecule has 1 N–H and O–H groups in total. The molecule has 0 spiro atoms. The van der Waals surface area contributed by atoms with E-state index in [1.54, 1.807) is 11.3 Å². The van der Waals surface area contributed by atoms with Crippen LogP contribution in [0.4, 0.5) is 0 Å². The van der Waals surface area contributed by atoms with E-state index in [-0.39, 0.29) is 0 Å². The van der Waals surface area contributed by atoms with Gasteiger partial charge in [0, 0.05) is 18.0 Å². The summed E-state index contributed by atoms with van der Waals surface area (Å²) in [7, 11) is 1.97. The first-order chi connectivity index (χ1) is 8.45. The SMILES string of the molecule is CCC(CC)(CN(C)Cc1scnc1C)C(=O)O. The summed E-state index contributed by atoms with van der Waals surface area (Å²) in [5.74, 6) is -0.694. The van der Waals surface area contributed by atoms with Gasteiger partial charge >= 0.3 is 5.97 Å². The Morgan fingerprint density at radius 1 is 1.50 bits per heavy atom. The Hall–Kier alpha value is -0.940. The molecule has 0 unspecified atom stereocenters. The van der Waals surface area contributed by atoms with Crippen molar-refractivity contribution in [2.75, 3.05) is 13.6 Å². The fourth-order valence-electron chi connectivity index (χ4n) is 2.14. The third-order valence-corrected chi connectivity index (χ3v) is 4.56. The highest BCUT2D eigenvalue weighted by molar-refractivity contribution is 7.09. The zero-order valence-electron chi connectivity index (χ0n) is 11.6. The molecule has 0 aliphatic carbocycles. The average molecular weight is 270 g/mol.